The average Bonchev–Trinajstić information content (AvgIpc) is 3.31. The van der Waals surface area contributed by atoms with Crippen LogP contribution in [0, 0.1) is 0 Å². The Morgan fingerprint density at radius 1 is 1.21 bits per heavy atom. The molecule has 0 aliphatic carbocycles. The normalized spacial score (nSPS) is 11.9. The molecule has 0 aliphatic rings. The molecule has 1 atom stereocenters. The van der Waals surface area contributed by atoms with E-state index in [2.05, 4.69) is 16.0 Å². The summed E-state index contributed by atoms with van der Waals surface area (Å²) in [6.07, 6.45) is 4.42. The molecule has 24 heavy (non-hydrogen) atoms. The molecule has 124 valence electrons. The van der Waals surface area contributed by atoms with E-state index in [9.17, 15) is 4.79 Å². The van der Waals surface area contributed by atoms with Crippen molar-refractivity contribution in [1.82, 2.24) is 9.88 Å². The number of aromatic nitrogens is 1. The Morgan fingerprint density at radius 3 is 2.75 bits per heavy atom. The Labute approximate surface area is 145 Å². The number of amides is 1. The van der Waals surface area contributed by atoms with E-state index in [1.54, 1.807) is 18.4 Å². The van der Waals surface area contributed by atoms with Crippen LogP contribution in [0.2, 0.25) is 0 Å². The van der Waals surface area contributed by atoms with E-state index in [0.29, 0.717) is 13.0 Å². The molecule has 1 N–H and O–H groups in total. The summed E-state index contributed by atoms with van der Waals surface area (Å²) in [5.41, 5.74) is 1.02. The maximum atomic E-state index is 12.4. The lowest BCUT2D eigenvalue weighted by atomic mass is 10.1. The fraction of sp³-hybridized carbons (Fsp3) is 0.211. The third-order valence-electron chi connectivity index (χ3n) is 3.86. The summed E-state index contributed by atoms with van der Waals surface area (Å²) in [7, 11) is 1.64. The van der Waals surface area contributed by atoms with Crippen LogP contribution in [0.3, 0.4) is 0 Å². The van der Waals surface area contributed by atoms with Crippen LogP contribution in [-0.2, 0) is 11.3 Å². The van der Waals surface area contributed by atoms with Gasteiger partial charge in [-0.25, -0.2) is 0 Å². The first-order chi connectivity index (χ1) is 11.8. The Morgan fingerprint density at radius 2 is 2.04 bits per heavy atom. The van der Waals surface area contributed by atoms with Gasteiger partial charge in [0.2, 0.25) is 5.91 Å². The minimum absolute atomic E-state index is 0.0323. The number of benzene rings is 1. The van der Waals surface area contributed by atoms with Crippen molar-refractivity contribution in [3.05, 3.63) is 76.7 Å². The highest BCUT2D eigenvalue weighted by atomic mass is 32.1. The Kier molecular flexibility index (Phi) is 5.33. The summed E-state index contributed by atoms with van der Waals surface area (Å²) in [4.78, 5) is 13.6. The molecule has 4 nitrogen and oxygen atoms in total. The van der Waals surface area contributed by atoms with Crippen LogP contribution in [-0.4, -0.2) is 17.6 Å². The van der Waals surface area contributed by atoms with Gasteiger partial charge in [-0.05, 0) is 41.3 Å². The summed E-state index contributed by atoms with van der Waals surface area (Å²) in [6.45, 7) is 0.499. The van der Waals surface area contributed by atoms with Crippen LogP contribution in [0.15, 0.2) is 66.3 Å². The summed E-state index contributed by atoms with van der Waals surface area (Å²) in [5, 5.41) is 5.04. The summed E-state index contributed by atoms with van der Waals surface area (Å²) >= 11 is 1.67. The number of hydrogen-bond donors (Lipinski definition) is 1. The lowest BCUT2D eigenvalue weighted by Crippen LogP contribution is -2.26. The average molecular weight is 340 g/mol. The van der Waals surface area contributed by atoms with Gasteiger partial charge in [-0.2, -0.15) is 0 Å². The maximum absolute atomic E-state index is 12.4. The number of rotatable bonds is 7. The van der Waals surface area contributed by atoms with Crippen molar-refractivity contribution >= 4 is 17.2 Å². The number of ether oxygens (including phenoxy) is 1. The van der Waals surface area contributed by atoms with E-state index in [1.165, 1.54) is 4.88 Å². The second-order valence-electron chi connectivity index (χ2n) is 5.49. The van der Waals surface area contributed by atoms with Gasteiger partial charge in [0.15, 0.2) is 0 Å². The van der Waals surface area contributed by atoms with E-state index in [1.807, 2.05) is 60.2 Å². The molecule has 1 amide bonds. The molecular weight excluding hydrogens is 320 g/mol. The van der Waals surface area contributed by atoms with Gasteiger partial charge in [0.1, 0.15) is 5.75 Å². The number of thiophene rings is 1. The lowest BCUT2D eigenvalue weighted by molar-refractivity contribution is -0.121. The quantitative estimate of drug-likeness (QED) is 0.710. The lowest BCUT2D eigenvalue weighted by Gasteiger charge is -2.17. The number of methoxy groups -OCH3 is 1. The van der Waals surface area contributed by atoms with E-state index in [-0.39, 0.29) is 11.9 Å². The highest BCUT2D eigenvalue weighted by Gasteiger charge is 2.18. The highest BCUT2D eigenvalue weighted by Crippen LogP contribution is 2.26. The molecule has 0 fully saturated rings. The molecule has 2 heterocycles. The molecule has 0 bridgehead atoms. The van der Waals surface area contributed by atoms with Gasteiger partial charge in [0, 0.05) is 23.8 Å². The first kappa shape index (κ1) is 16.3. The fourth-order valence-electron chi connectivity index (χ4n) is 2.62. The van der Waals surface area contributed by atoms with Gasteiger partial charge in [-0.3, -0.25) is 4.79 Å². The van der Waals surface area contributed by atoms with Crippen molar-refractivity contribution in [2.24, 2.45) is 0 Å². The molecule has 1 unspecified atom stereocenters. The van der Waals surface area contributed by atoms with Crippen LogP contribution >= 0.6 is 11.3 Å². The zero-order valence-electron chi connectivity index (χ0n) is 13.5. The summed E-state index contributed by atoms with van der Waals surface area (Å²) < 4.78 is 7.29. The first-order valence-electron chi connectivity index (χ1n) is 7.82. The van der Waals surface area contributed by atoms with Gasteiger partial charge >= 0.3 is 0 Å². The van der Waals surface area contributed by atoms with Crippen molar-refractivity contribution in [2.75, 3.05) is 7.11 Å². The highest BCUT2D eigenvalue weighted by molar-refractivity contribution is 7.10. The second-order valence-corrected chi connectivity index (χ2v) is 6.47. The third-order valence-corrected chi connectivity index (χ3v) is 4.84. The monoisotopic (exact) mass is 340 g/mol. The predicted molar refractivity (Wildman–Crippen MR) is 96.3 cm³/mol. The molecule has 1 aromatic carbocycles. The second kappa shape index (κ2) is 7.84. The first-order valence-corrected chi connectivity index (χ1v) is 8.69. The van der Waals surface area contributed by atoms with E-state index >= 15 is 0 Å². The standard InChI is InChI=1S/C19H20N2O2S/c1-23-16-7-4-6-15(12-16)14-20-19(22)13-17(18-8-5-11-24-18)21-9-2-3-10-21/h2-12,17H,13-14H2,1H3,(H,20,22). The molecule has 0 saturated carbocycles. The van der Waals surface area contributed by atoms with E-state index < -0.39 is 0 Å². The summed E-state index contributed by atoms with van der Waals surface area (Å²) in [6, 6.07) is 15.8. The number of carbonyl (C=O) groups is 1. The number of carbonyl (C=O) groups excluding carboxylic acids is 1. The van der Waals surface area contributed by atoms with Gasteiger partial charge in [0.05, 0.1) is 19.6 Å². The van der Waals surface area contributed by atoms with Crippen LogP contribution in [0.4, 0.5) is 0 Å². The SMILES string of the molecule is COc1cccc(CNC(=O)CC(c2cccs2)n2cccc2)c1. The third kappa shape index (κ3) is 4.06. The van der Waals surface area contributed by atoms with Crippen LogP contribution in [0.25, 0.3) is 0 Å². The minimum atomic E-state index is 0.0323. The zero-order chi connectivity index (χ0) is 16.8. The smallest absolute Gasteiger partial charge is 0.222 e. The van der Waals surface area contributed by atoms with Crippen molar-refractivity contribution in [2.45, 2.75) is 19.0 Å². The van der Waals surface area contributed by atoms with Gasteiger partial charge < -0.3 is 14.6 Å². The van der Waals surface area contributed by atoms with Crippen molar-refractivity contribution in [1.29, 1.82) is 0 Å². The van der Waals surface area contributed by atoms with Crippen LogP contribution in [0.5, 0.6) is 5.75 Å². The molecule has 5 heteroatoms. The predicted octanol–water partition coefficient (Wildman–Crippen LogP) is 3.85. The minimum Gasteiger partial charge on any atom is -0.497 e. The van der Waals surface area contributed by atoms with Gasteiger partial charge in [0.25, 0.3) is 0 Å². The molecule has 0 spiro atoms. The number of nitrogens with zero attached hydrogens (tertiary/aromatic N) is 1. The Bertz CT molecular complexity index is 732. The van der Waals surface area contributed by atoms with Crippen molar-refractivity contribution < 1.29 is 9.53 Å². The number of nitrogens with one attached hydrogen (secondary N) is 1. The maximum Gasteiger partial charge on any atom is 0.222 e. The Balaban J connectivity index is 1.63. The molecule has 2 aromatic heterocycles. The molecule has 0 aliphatic heterocycles. The van der Waals surface area contributed by atoms with E-state index in [4.69, 9.17) is 4.74 Å². The van der Waals surface area contributed by atoms with E-state index in [0.717, 1.165) is 11.3 Å². The van der Waals surface area contributed by atoms with Gasteiger partial charge in [-0.15, -0.1) is 11.3 Å². The van der Waals surface area contributed by atoms with Crippen molar-refractivity contribution in [3.63, 3.8) is 0 Å². The Hall–Kier alpha value is -2.53. The summed E-state index contributed by atoms with van der Waals surface area (Å²) in [5.74, 6) is 0.829. The molecule has 0 saturated heterocycles. The van der Waals surface area contributed by atoms with Crippen LogP contribution < -0.4 is 10.1 Å². The molecule has 0 radical (unpaired) electrons. The fourth-order valence-corrected chi connectivity index (χ4v) is 3.45. The van der Waals surface area contributed by atoms with Crippen molar-refractivity contribution in [3.8, 4) is 5.75 Å². The zero-order valence-corrected chi connectivity index (χ0v) is 14.3. The van der Waals surface area contributed by atoms with Gasteiger partial charge in [-0.1, -0.05) is 18.2 Å². The largest absolute Gasteiger partial charge is 0.497 e. The number of hydrogen-bond acceptors (Lipinski definition) is 3. The molecular formula is C19H20N2O2S. The topological polar surface area (TPSA) is 43.3 Å². The molecule has 3 aromatic rings. The van der Waals surface area contributed by atoms with Crippen LogP contribution in [0.1, 0.15) is 22.9 Å². The molecule has 3 rings (SSSR count).